The molecular weight excluding hydrogens is 268 g/mol. The SMILES string of the molecule is CN1CCNCC1c1noc(C(=O)C(C)(C)C)n1.Cl. The van der Waals surface area contributed by atoms with Crippen LogP contribution >= 0.6 is 12.4 Å². The number of hydrogen-bond acceptors (Lipinski definition) is 6. The summed E-state index contributed by atoms with van der Waals surface area (Å²) in [7, 11) is 2.02. The van der Waals surface area contributed by atoms with Crippen LogP contribution in [0.1, 0.15) is 43.3 Å². The maximum Gasteiger partial charge on any atom is 0.294 e. The molecule has 1 N–H and O–H groups in total. The molecule has 0 saturated carbocycles. The first-order chi connectivity index (χ1) is 8.39. The lowest BCUT2D eigenvalue weighted by atomic mass is 9.91. The van der Waals surface area contributed by atoms with Gasteiger partial charge in [0.2, 0.25) is 5.78 Å². The van der Waals surface area contributed by atoms with E-state index in [1.165, 1.54) is 0 Å². The largest absolute Gasteiger partial charge is 0.331 e. The second kappa shape index (κ2) is 5.98. The van der Waals surface area contributed by atoms with Crippen LogP contribution in [0.25, 0.3) is 0 Å². The Morgan fingerprint density at radius 2 is 2.16 bits per heavy atom. The van der Waals surface area contributed by atoms with Crippen molar-refractivity contribution in [2.24, 2.45) is 5.41 Å². The minimum atomic E-state index is -0.499. The van der Waals surface area contributed by atoms with Gasteiger partial charge in [0.1, 0.15) is 0 Å². The van der Waals surface area contributed by atoms with Crippen molar-refractivity contribution in [3.05, 3.63) is 11.7 Å². The summed E-state index contributed by atoms with van der Waals surface area (Å²) in [6, 6.07) is 0.0732. The van der Waals surface area contributed by atoms with Crippen LogP contribution in [0.15, 0.2) is 4.52 Å². The molecule has 2 heterocycles. The van der Waals surface area contributed by atoms with Crippen molar-refractivity contribution in [2.45, 2.75) is 26.8 Å². The number of nitrogens with one attached hydrogen (secondary N) is 1. The molecule has 2 rings (SSSR count). The molecule has 1 aliphatic heterocycles. The maximum absolute atomic E-state index is 12.0. The number of aromatic nitrogens is 2. The fourth-order valence-corrected chi connectivity index (χ4v) is 1.88. The van der Waals surface area contributed by atoms with Crippen molar-refractivity contribution in [2.75, 3.05) is 26.7 Å². The van der Waals surface area contributed by atoms with Gasteiger partial charge in [-0.3, -0.25) is 9.69 Å². The molecule has 1 aromatic heterocycles. The molecule has 7 heteroatoms. The van der Waals surface area contributed by atoms with Gasteiger partial charge in [-0.15, -0.1) is 12.4 Å². The predicted molar refractivity (Wildman–Crippen MR) is 73.6 cm³/mol. The van der Waals surface area contributed by atoms with Crippen molar-refractivity contribution in [1.82, 2.24) is 20.4 Å². The van der Waals surface area contributed by atoms with Gasteiger partial charge in [0.15, 0.2) is 5.82 Å². The molecule has 1 fully saturated rings. The summed E-state index contributed by atoms with van der Waals surface area (Å²) < 4.78 is 5.09. The fourth-order valence-electron chi connectivity index (χ4n) is 1.88. The Labute approximate surface area is 119 Å². The molecule has 0 bridgehead atoms. The first-order valence-electron chi connectivity index (χ1n) is 6.19. The highest BCUT2D eigenvalue weighted by molar-refractivity contribution is 5.95. The lowest BCUT2D eigenvalue weighted by Gasteiger charge is -2.30. The summed E-state index contributed by atoms with van der Waals surface area (Å²) >= 11 is 0. The van der Waals surface area contributed by atoms with Crippen LogP contribution in [-0.2, 0) is 0 Å². The van der Waals surface area contributed by atoms with Gasteiger partial charge in [0.25, 0.3) is 5.89 Å². The van der Waals surface area contributed by atoms with Crippen LogP contribution in [0.3, 0.4) is 0 Å². The molecule has 1 aromatic rings. The number of ketones is 1. The van der Waals surface area contributed by atoms with Gasteiger partial charge in [-0.05, 0) is 7.05 Å². The van der Waals surface area contributed by atoms with Gasteiger partial charge in [-0.25, -0.2) is 0 Å². The molecule has 108 valence electrons. The first kappa shape index (κ1) is 16.1. The van der Waals surface area contributed by atoms with E-state index < -0.39 is 5.41 Å². The Bertz CT molecular complexity index is 441. The smallest absolute Gasteiger partial charge is 0.294 e. The molecule has 0 spiro atoms. The zero-order valence-corrected chi connectivity index (χ0v) is 12.6. The van der Waals surface area contributed by atoms with E-state index in [4.69, 9.17) is 4.52 Å². The maximum atomic E-state index is 12.0. The van der Waals surface area contributed by atoms with E-state index in [0.717, 1.165) is 19.6 Å². The number of nitrogens with zero attached hydrogens (tertiary/aromatic N) is 3. The molecule has 0 aliphatic carbocycles. The van der Waals surface area contributed by atoms with E-state index in [2.05, 4.69) is 20.4 Å². The van der Waals surface area contributed by atoms with Gasteiger partial charge in [0, 0.05) is 25.0 Å². The number of hydrogen-bond donors (Lipinski definition) is 1. The summed E-state index contributed by atoms with van der Waals surface area (Å²) in [5, 5.41) is 7.22. The minimum absolute atomic E-state index is 0. The summed E-state index contributed by atoms with van der Waals surface area (Å²) in [4.78, 5) is 18.4. The number of halogens is 1. The van der Waals surface area contributed by atoms with Gasteiger partial charge < -0.3 is 9.84 Å². The third kappa shape index (κ3) is 3.52. The van der Waals surface area contributed by atoms with Crippen LogP contribution < -0.4 is 5.32 Å². The van der Waals surface area contributed by atoms with Gasteiger partial charge in [0.05, 0.1) is 6.04 Å². The summed E-state index contributed by atoms with van der Waals surface area (Å²) in [6.45, 7) is 8.19. The highest BCUT2D eigenvalue weighted by atomic mass is 35.5. The van der Waals surface area contributed by atoms with Crippen LogP contribution in [0.5, 0.6) is 0 Å². The Morgan fingerprint density at radius 1 is 1.47 bits per heavy atom. The molecule has 0 radical (unpaired) electrons. The Kier molecular flexibility index (Phi) is 5.06. The molecule has 1 aliphatic rings. The predicted octanol–water partition coefficient (Wildman–Crippen LogP) is 1.30. The lowest BCUT2D eigenvalue weighted by molar-refractivity contribution is 0.0811. The van der Waals surface area contributed by atoms with E-state index in [0.29, 0.717) is 5.82 Å². The highest BCUT2D eigenvalue weighted by Gasteiger charge is 2.31. The normalized spacial score (nSPS) is 20.9. The number of likely N-dealkylation sites (N-methyl/N-ethyl adjacent to an activating group) is 1. The van der Waals surface area contributed by atoms with Gasteiger partial charge in [-0.1, -0.05) is 25.9 Å². The molecular formula is C12H21ClN4O2. The van der Waals surface area contributed by atoms with Crippen molar-refractivity contribution in [3.63, 3.8) is 0 Å². The van der Waals surface area contributed by atoms with Crippen molar-refractivity contribution >= 4 is 18.2 Å². The zero-order chi connectivity index (χ0) is 13.3. The average Bonchev–Trinajstić information content (AvgIpc) is 2.76. The van der Waals surface area contributed by atoms with E-state index >= 15 is 0 Å². The third-order valence-electron chi connectivity index (χ3n) is 3.13. The quantitative estimate of drug-likeness (QED) is 0.827. The van der Waals surface area contributed by atoms with Crippen LogP contribution in [-0.4, -0.2) is 47.5 Å². The number of piperazine rings is 1. The van der Waals surface area contributed by atoms with Crippen LogP contribution in [0.2, 0.25) is 0 Å². The molecule has 1 atom stereocenters. The van der Waals surface area contributed by atoms with Crippen molar-refractivity contribution in [3.8, 4) is 0 Å². The van der Waals surface area contributed by atoms with Crippen molar-refractivity contribution in [1.29, 1.82) is 0 Å². The molecule has 0 amide bonds. The molecule has 0 aromatic carbocycles. The summed E-state index contributed by atoms with van der Waals surface area (Å²) in [5.74, 6) is 0.571. The van der Waals surface area contributed by atoms with Crippen LogP contribution in [0.4, 0.5) is 0 Å². The topological polar surface area (TPSA) is 71.3 Å². The van der Waals surface area contributed by atoms with E-state index in [1.807, 2.05) is 27.8 Å². The Hall–Kier alpha value is -0.980. The van der Waals surface area contributed by atoms with Gasteiger partial charge in [-0.2, -0.15) is 4.98 Å². The number of carbonyl (C=O) groups excluding carboxylic acids is 1. The molecule has 1 unspecified atom stereocenters. The second-order valence-corrected chi connectivity index (χ2v) is 5.74. The average molecular weight is 289 g/mol. The molecule has 6 nitrogen and oxygen atoms in total. The number of carbonyl (C=O) groups is 1. The monoisotopic (exact) mass is 288 g/mol. The minimum Gasteiger partial charge on any atom is -0.331 e. The van der Waals surface area contributed by atoms with Crippen LogP contribution in [0, 0.1) is 5.41 Å². The summed E-state index contributed by atoms with van der Waals surface area (Å²) in [6.07, 6.45) is 0. The number of Topliss-reactive ketones (excluding diaryl/α,β-unsaturated/α-hetero) is 1. The standard InChI is InChI=1S/C12H20N4O2.ClH/c1-12(2,3)9(17)11-14-10(15-18-11)8-7-13-5-6-16(8)4;/h8,13H,5-7H2,1-4H3;1H. The third-order valence-corrected chi connectivity index (χ3v) is 3.13. The summed E-state index contributed by atoms with van der Waals surface area (Å²) in [5.41, 5.74) is -0.499. The number of rotatable bonds is 2. The molecule has 19 heavy (non-hydrogen) atoms. The Morgan fingerprint density at radius 3 is 2.74 bits per heavy atom. The fraction of sp³-hybridized carbons (Fsp3) is 0.750. The zero-order valence-electron chi connectivity index (χ0n) is 11.8. The van der Waals surface area contributed by atoms with E-state index in [9.17, 15) is 4.79 Å². The van der Waals surface area contributed by atoms with E-state index in [-0.39, 0.29) is 30.1 Å². The highest BCUT2D eigenvalue weighted by Crippen LogP contribution is 2.22. The van der Waals surface area contributed by atoms with E-state index in [1.54, 1.807) is 0 Å². The molecule has 1 saturated heterocycles. The Balaban J connectivity index is 0.00000180. The second-order valence-electron chi connectivity index (χ2n) is 5.74. The van der Waals surface area contributed by atoms with Gasteiger partial charge >= 0.3 is 0 Å². The first-order valence-corrected chi connectivity index (χ1v) is 6.19. The van der Waals surface area contributed by atoms with Crippen molar-refractivity contribution < 1.29 is 9.32 Å². The lowest BCUT2D eigenvalue weighted by Crippen LogP contribution is -2.44.